The van der Waals surface area contributed by atoms with Crippen LogP contribution >= 0.6 is 0 Å². The van der Waals surface area contributed by atoms with Gasteiger partial charge in [0.2, 0.25) is 16.0 Å². The number of nitrogens with zero attached hydrogens (tertiary/aromatic N) is 5. The van der Waals surface area contributed by atoms with Crippen LogP contribution in [0.3, 0.4) is 0 Å². The van der Waals surface area contributed by atoms with Gasteiger partial charge in [0.1, 0.15) is 5.82 Å². The summed E-state index contributed by atoms with van der Waals surface area (Å²) in [4.78, 5) is 8.27. The van der Waals surface area contributed by atoms with E-state index in [4.69, 9.17) is 20.2 Å². The average Bonchev–Trinajstić information content (AvgIpc) is 3.23. The highest BCUT2D eigenvalue weighted by molar-refractivity contribution is 7.89. The van der Waals surface area contributed by atoms with Gasteiger partial charge in [-0.1, -0.05) is 6.04 Å². The number of sulfonamides is 1. The molecule has 0 unspecified atom stereocenters. The molecule has 4 rings (SSSR count). The zero-order chi connectivity index (χ0) is 31.8. The highest BCUT2D eigenvalue weighted by atomic mass is 32.2. The Morgan fingerprint density at radius 1 is 1.19 bits per heavy atom. The SMILES string of the molecule is [2H]c1nc(Nc2c([2H])c([2H])c(C)c(S(N)(=O)=O)c2[2H])nc(N(C)c2c([2H])c([2H])c3c(C)n(C([2H])([2H])[2H])nc3c2[2H])c1[2H]. The molecule has 0 spiro atoms. The van der Waals surface area contributed by atoms with Crippen molar-refractivity contribution >= 4 is 44.1 Å². The lowest BCUT2D eigenvalue weighted by atomic mass is 10.2. The molecular weight excluding hydrogens is 414 g/mol. The number of fused-ring (bicyclic) bond motifs is 1. The van der Waals surface area contributed by atoms with Crippen LogP contribution in [0.4, 0.5) is 23.1 Å². The summed E-state index contributed by atoms with van der Waals surface area (Å²) in [5.41, 5.74) is -1.15. The number of rotatable bonds is 5. The van der Waals surface area contributed by atoms with E-state index in [-0.39, 0.29) is 33.7 Å². The maximum absolute atomic E-state index is 12.1. The van der Waals surface area contributed by atoms with Crippen molar-refractivity contribution in [3.05, 3.63) is 59.7 Å². The van der Waals surface area contributed by atoms with Gasteiger partial charge < -0.3 is 10.2 Å². The van der Waals surface area contributed by atoms with Crippen LogP contribution in [0.25, 0.3) is 10.9 Å². The molecule has 0 aliphatic rings. The van der Waals surface area contributed by atoms with Crippen LogP contribution < -0.4 is 15.4 Å². The molecule has 0 radical (unpaired) electrons. The third kappa shape index (κ3) is 4.07. The fraction of sp³-hybridized carbons (Fsp3) is 0.190. The first-order valence-corrected chi connectivity index (χ1v) is 10.2. The van der Waals surface area contributed by atoms with Gasteiger partial charge in [-0.3, -0.25) is 4.68 Å². The average molecular weight is 449 g/mol. The van der Waals surface area contributed by atoms with Crippen molar-refractivity contribution in [2.45, 2.75) is 18.7 Å². The van der Waals surface area contributed by atoms with Gasteiger partial charge in [0.15, 0.2) is 0 Å². The van der Waals surface area contributed by atoms with Gasteiger partial charge in [-0.25, -0.2) is 18.5 Å². The van der Waals surface area contributed by atoms with Crippen LogP contribution in [0.1, 0.15) is 26.3 Å². The maximum atomic E-state index is 12.1. The highest BCUT2D eigenvalue weighted by Crippen LogP contribution is 2.28. The van der Waals surface area contributed by atoms with Crippen LogP contribution in [-0.2, 0) is 17.0 Å². The summed E-state index contributed by atoms with van der Waals surface area (Å²) in [6.45, 7) is -0.100. The van der Waals surface area contributed by atoms with Crippen molar-refractivity contribution < 1.29 is 23.5 Å². The van der Waals surface area contributed by atoms with E-state index >= 15 is 0 Å². The molecule has 0 amide bonds. The van der Waals surface area contributed by atoms with E-state index in [1.54, 1.807) is 0 Å². The summed E-state index contributed by atoms with van der Waals surface area (Å²) >= 11 is 0. The fourth-order valence-electron chi connectivity index (χ4n) is 2.69. The first-order chi connectivity index (χ1) is 19.2. The summed E-state index contributed by atoms with van der Waals surface area (Å²) in [5.74, 6) is -0.857. The molecule has 0 saturated carbocycles. The van der Waals surface area contributed by atoms with E-state index < -0.39 is 82.0 Å². The fourth-order valence-corrected chi connectivity index (χ4v) is 3.41. The minimum absolute atomic E-state index is 0.0159. The Labute approximate surface area is 196 Å². The molecule has 2 heterocycles. The first kappa shape index (κ1) is 11.2. The maximum Gasteiger partial charge on any atom is 0.238 e. The number of hydrogen-bond acceptors (Lipinski definition) is 7. The zero-order valence-corrected chi connectivity index (χ0v) is 17.4. The summed E-state index contributed by atoms with van der Waals surface area (Å²) < 4.78 is 115. The Kier molecular flexibility index (Phi) is 2.76. The van der Waals surface area contributed by atoms with Gasteiger partial charge >= 0.3 is 0 Å². The van der Waals surface area contributed by atoms with Crippen LogP contribution in [0, 0.1) is 13.8 Å². The Hall–Kier alpha value is -3.50. The molecule has 160 valence electrons. The van der Waals surface area contributed by atoms with Crippen molar-refractivity contribution in [1.82, 2.24) is 19.7 Å². The molecule has 9 nitrogen and oxygen atoms in total. The minimum Gasteiger partial charge on any atom is -0.329 e. The Morgan fingerprint density at radius 2 is 2.00 bits per heavy atom. The lowest BCUT2D eigenvalue weighted by molar-refractivity contribution is 0.597. The molecule has 3 N–H and O–H groups in total. The first-order valence-electron chi connectivity index (χ1n) is 14.2. The Balaban J connectivity index is 1.92. The molecule has 0 bridgehead atoms. The van der Waals surface area contributed by atoms with Gasteiger partial charge in [0.05, 0.1) is 21.4 Å². The predicted molar refractivity (Wildman–Crippen MR) is 121 cm³/mol. The van der Waals surface area contributed by atoms with Gasteiger partial charge in [0, 0.05) is 46.8 Å². The van der Waals surface area contributed by atoms with Crippen molar-refractivity contribution in [1.29, 1.82) is 0 Å². The van der Waals surface area contributed by atoms with Crippen LogP contribution in [0.5, 0.6) is 0 Å². The van der Waals surface area contributed by atoms with Crippen LogP contribution in [0.15, 0.2) is 53.4 Å². The summed E-state index contributed by atoms with van der Waals surface area (Å²) in [6.07, 6.45) is -0.676. The van der Waals surface area contributed by atoms with Gasteiger partial charge in [-0.15, -0.1) is 0 Å². The molecule has 0 fully saturated rings. The zero-order valence-electron chi connectivity index (χ0n) is 27.5. The van der Waals surface area contributed by atoms with Gasteiger partial charge in [-0.05, 0) is 55.7 Å². The van der Waals surface area contributed by atoms with Crippen molar-refractivity contribution in [3.8, 4) is 0 Å². The quantitative estimate of drug-likeness (QED) is 0.481. The van der Waals surface area contributed by atoms with Gasteiger partial charge in [-0.2, -0.15) is 10.1 Å². The normalized spacial score (nSPS) is 17.1. The van der Waals surface area contributed by atoms with Crippen LogP contribution in [0.2, 0.25) is 0 Å². The summed E-state index contributed by atoms with van der Waals surface area (Å²) in [5, 5.41) is 11.7. The number of hydrogen-bond donors (Lipinski definition) is 2. The third-order valence-electron chi connectivity index (χ3n) is 4.33. The minimum atomic E-state index is -4.48. The molecule has 0 atom stereocenters. The van der Waals surface area contributed by atoms with Crippen molar-refractivity contribution in [3.63, 3.8) is 0 Å². The second-order valence-electron chi connectivity index (χ2n) is 6.49. The Morgan fingerprint density at radius 3 is 2.74 bits per heavy atom. The molecule has 4 aromatic rings. The third-order valence-corrected chi connectivity index (χ3v) is 5.31. The van der Waals surface area contributed by atoms with E-state index in [0.717, 1.165) is 4.90 Å². The molecular formula is C21H23N7O2S. The molecule has 31 heavy (non-hydrogen) atoms. The predicted octanol–water partition coefficient (Wildman–Crippen LogP) is 3.14. The van der Waals surface area contributed by atoms with Crippen molar-refractivity contribution in [2.24, 2.45) is 12.1 Å². The topological polar surface area (TPSA) is 119 Å². The van der Waals surface area contributed by atoms with E-state index in [2.05, 4.69) is 20.4 Å². The molecule has 0 aliphatic heterocycles. The second-order valence-corrected chi connectivity index (χ2v) is 7.98. The number of benzene rings is 2. The molecule has 2 aromatic heterocycles. The van der Waals surface area contributed by atoms with Crippen molar-refractivity contribution in [2.75, 3.05) is 17.3 Å². The lowest BCUT2D eigenvalue weighted by Crippen LogP contribution is -2.14. The number of nitrogens with one attached hydrogen (secondary N) is 1. The number of primary sulfonamides is 1. The smallest absolute Gasteiger partial charge is 0.238 e. The molecule has 0 aliphatic carbocycles. The monoisotopic (exact) mass is 448 g/mol. The Bertz CT molecular complexity index is 1910. The van der Waals surface area contributed by atoms with E-state index in [1.165, 1.54) is 20.9 Å². The summed E-state index contributed by atoms with van der Waals surface area (Å²) in [6, 6.07) is -3.85. The number of nitrogens with two attached hydrogens (primary N) is 1. The largest absolute Gasteiger partial charge is 0.329 e. The van der Waals surface area contributed by atoms with Crippen LogP contribution in [-0.4, -0.2) is 35.2 Å². The number of aromatic nitrogens is 4. The lowest BCUT2D eigenvalue weighted by Gasteiger charge is -2.19. The standard InChI is InChI=1S/C21H23N7O2S/c1-13-5-6-15(11-19(13)31(22,29)30)24-21-23-10-9-20(25-21)27(3)16-7-8-17-14(2)28(4)26-18(17)12-16/h5-12H,1-4H3,(H2,22,29,30)(H,23,24,25)/i4D3,5D,6D,7D,8D,9D,10D,11D,12D. The second kappa shape index (κ2) is 7.64. The molecule has 0 saturated heterocycles. The van der Waals surface area contributed by atoms with E-state index in [9.17, 15) is 8.42 Å². The molecule has 2 aromatic carbocycles. The number of anilines is 4. The van der Waals surface area contributed by atoms with Gasteiger partial charge in [0.25, 0.3) is 0 Å². The van der Waals surface area contributed by atoms with E-state index in [0.29, 0.717) is 4.68 Å². The summed E-state index contributed by atoms with van der Waals surface area (Å²) in [7, 11) is -3.20. The number of aryl methyl sites for hydroxylation is 2. The highest BCUT2D eigenvalue weighted by Gasteiger charge is 2.14. The van der Waals surface area contributed by atoms with E-state index in [1.807, 2.05) is 0 Å². The molecule has 10 heteroatoms.